The first-order chi connectivity index (χ1) is 15.6. The van der Waals surface area contributed by atoms with Crippen LogP contribution in [-0.2, 0) is 31.1 Å². The van der Waals surface area contributed by atoms with Crippen LogP contribution in [0.3, 0.4) is 0 Å². The average Bonchev–Trinajstić information content (AvgIpc) is 3.15. The summed E-state index contributed by atoms with van der Waals surface area (Å²) in [7, 11) is 1.60. The molecule has 33 heavy (non-hydrogen) atoms. The molecule has 2 amide bonds. The normalized spacial score (nSPS) is 13.8. The molecule has 1 saturated carbocycles. The number of carbonyl (C=O) groups excluding carboxylic acids is 2. The highest BCUT2D eigenvalue weighted by molar-refractivity contribution is 9.10. The summed E-state index contributed by atoms with van der Waals surface area (Å²) in [6.45, 7) is 0.113. The van der Waals surface area contributed by atoms with Crippen molar-refractivity contribution in [3.63, 3.8) is 0 Å². The van der Waals surface area contributed by atoms with Gasteiger partial charge in [0.2, 0.25) is 5.91 Å². The molecule has 3 aromatic rings. The van der Waals surface area contributed by atoms with Crippen LogP contribution in [-0.4, -0.2) is 31.4 Å². The molecule has 1 fully saturated rings. The maximum Gasteiger partial charge on any atom is 0.436 e. The second-order valence-corrected chi connectivity index (χ2v) is 8.46. The molecule has 0 atom stereocenters. The van der Waals surface area contributed by atoms with Gasteiger partial charge in [0.25, 0.3) is 5.91 Å². The van der Waals surface area contributed by atoms with E-state index in [4.69, 9.17) is 4.42 Å². The molecule has 3 heterocycles. The van der Waals surface area contributed by atoms with Gasteiger partial charge < -0.3 is 15.1 Å². The number of alkyl halides is 3. The van der Waals surface area contributed by atoms with Crippen LogP contribution in [0.25, 0.3) is 0 Å². The van der Waals surface area contributed by atoms with Gasteiger partial charge in [0, 0.05) is 25.6 Å². The maximum absolute atomic E-state index is 13.2. The lowest BCUT2D eigenvalue weighted by atomic mass is 10.2. The standard InChI is InChI=1S/C20H20BrF3N6O3/c1-29-10-13(16(27-29)19(32)25-9-12-3-2-8-33-12)26-14(31)6-7-30-17(11-4-5-11)15(21)18(28-30)20(22,23)24/h2-3,8,10-11H,4-7,9H2,1H3,(H,25,32)(H,26,31). The molecule has 0 aliphatic heterocycles. The number of rotatable bonds is 8. The van der Waals surface area contributed by atoms with Crippen LogP contribution in [0.5, 0.6) is 0 Å². The van der Waals surface area contributed by atoms with E-state index in [2.05, 4.69) is 36.8 Å². The first-order valence-corrected chi connectivity index (χ1v) is 10.9. The summed E-state index contributed by atoms with van der Waals surface area (Å²) in [6, 6.07) is 3.40. The lowest BCUT2D eigenvalue weighted by molar-refractivity contribution is -0.142. The molecule has 2 N–H and O–H groups in total. The number of halogens is 4. The van der Waals surface area contributed by atoms with Crippen molar-refractivity contribution in [2.45, 2.75) is 44.4 Å². The minimum Gasteiger partial charge on any atom is -0.467 e. The summed E-state index contributed by atoms with van der Waals surface area (Å²) in [5, 5.41) is 13.0. The highest BCUT2D eigenvalue weighted by Crippen LogP contribution is 2.47. The number of carbonyl (C=O) groups is 2. The summed E-state index contributed by atoms with van der Waals surface area (Å²) < 4.78 is 47.5. The van der Waals surface area contributed by atoms with Gasteiger partial charge in [-0.15, -0.1) is 0 Å². The molecule has 0 bridgehead atoms. The van der Waals surface area contributed by atoms with Crippen molar-refractivity contribution in [1.29, 1.82) is 0 Å². The third kappa shape index (κ3) is 5.29. The maximum atomic E-state index is 13.2. The van der Waals surface area contributed by atoms with Crippen LogP contribution >= 0.6 is 15.9 Å². The Kier molecular flexibility index (Phi) is 6.32. The number of hydrogen-bond acceptors (Lipinski definition) is 5. The Balaban J connectivity index is 1.41. The van der Waals surface area contributed by atoms with Gasteiger partial charge in [0.15, 0.2) is 11.4 Å². The smallest absolute Gasteiger partial charge is 0.436 e. The summed E-state index contributed by atoms with van der Waals surface area (Å²) in [6.07, 6.45) is -0.211. The molecule has 0 aromatic carbocycles. The fourth-order valence-electron chi connectivity index (χ4n) is 3.38. The zero-order chi connectivity index (χ0) is 23.8. The van der Waals surface area contributed by atoms with Gasteiger partial charge in [-0.05, 0) is 40.9 Å². The fourth-order valence-corrected chi connectivity index (χ4v) is 4.22. The third-order valence-corrected chi connectivity index (χ3v) is 5.82. The second kappa shape index (κ2) is 9.04. The van der Waals surface area contributed by atoms with Gasteiger partial charge >= 0.3 is 6.18 Å². The zero-order valence-corrected chi connectivity index (χ0v) is 19.0. The molecule has 0 radical (unpaired) electrons. The SMILES string of the molecule is Cn1cc(NC(=O)CCn2nc(C(F)(F)F)c(Br)c2C2CC2)c(C(=O)NCc2ccco2)n1. The minimum absolute atomic E-state index is 0.00572. The first-order valence-electron chi connectivity index (χ1n) is 10.1. The van der Waals surface area contributed by atoms with E-state index in [1.807, 2.05) is 0 Å². The van der Waals surface area contributed by atoms with Crippen molar-refractivity contribution >= 4 is 33.4 Å². The summed E-state index contributed by atoms with van der Waals surface area (Å²) in [5.74, 6) is -0.442. The molecule has 9 nitrogen and oxygen atoms in total. The summed E-state index contributed by atoms with van der Waals surface area (Å²) >= 11 is 3.03. The summed E-state index contributed by atoms with van der Waals surface area (Å²) in [5.41, 5.74) is -0.334. The van der Waals surface area contributed by atoms with Gasteiger partial charge in [0.05, 0.1) is 35.2 Å². The van der Waals surface area contributed by atoms with E-state index in [1.54, 1.807) is 19.2 Å². The molecular formula is C20H20BrF3N6O3. The van der Waals surface area contributed by atoms with Gasteiger partial charge in [-0.1, -0.05) is 0 Å². The van der Waals surface area contributed by atoms with Crippen LogP contribution in [0, 0.1) is 0 Å². The van der Waals surface area contributed by atoms with Crippen molar-refractivity contribution in [1.82, 2.24) is 24.9 Å². The molecule has 0 unspecified atom stereocenters. The number of furan rings is 1. The predicted molar refractivity (Wildman–Crippen MR) is 113 cm³/mol. The number of hydrogen-bond donors (Lipinski definition) is 2. The van der Waals surface area contributed by atoms with E-state index >= 15 is 0 Å². The second-order valence-electron chi connectivity index (χ2n) is 7.67. The Morgan fingerprint density at radius 2 is 2.06 bits per heavy atom. The van der Waals surface area contributed by atoms with E-state index < -0.39 is 23.7 Å². The first kappa shape index (κ1) is 23.1. The lowest BCUT2D eigenvalue weighted by Crippen LogP contribution is -2.25. The molecule has 0 saturated heterocycles. The monoisotopic (exact) mass is 528 g/mol. The molecule has 1 aliphatic carbocycles. The number of amides is 2. The van der Waals surface area contributed by atoms with Crippen LogP contribution in [0.2, 0.25) is 0 Å². The number of aryl methyl sites for hydroxylation is 2. The van der Waals surface area contributed by atoms with Crippen molar-refractivity contribution in [2.75, 3.05) is 5.32 Å². The van der Waals surface area contributed by atoms with Crippen molar-refractivity contribution in [3.8, 4) is 0 Å². The molecule has 3 aromatic heterocycles. The Bertz CT molecular complexity index is 1160. The number of nitrogens with one attached hydrogen (secondary N) is 2. The average molecular weight is 529 g/mol. The van der Waals surface area contributed by atoms with Crippen LogP contribution < -0.4 is 10.6 Å². The quantitative estimate of drug-likeness (QED) is 0.462. The predicted octanol–water partition coefficient (Wildman–Crippen LogP) is 3.83. The van der Waals surface area contributed by atoms with Gasteiger partial charge in [-0.3, -0.25) is 19.0 Å². The van der Waals surface area contributed by atoms with Gasteiger partial charge in [-0.2, -0.15) is 23.4 Å². The van der Waals surface area contributed by atoms with Crippen LogP contribution in [0.15, 0.2) is 33.5 Å². The van der Waals surface area contributed by atoms with E-state index in [-0.39, 0.29) is 41.3 Å². The number of anilines is 1. The van der Waals surface area contributed by atoms with Crippen molar-refractivity contribution in [2.24, 2.45) is 7.05 Å². The van der Waals surface area contributed by atoms with E-state index in [0.29, 0.717) is 11.5 Å². The highest BCUT2D eigenvalue weighted by atomic mass is 79.9. The fraction of sp³-hybridized carbons (Fsp3) is 0.400. The Labute approximate surface area is 194 Å². The third-order valence-electron chi connectivity index (χ3n) is 5.04. The minimum atomic E-state index is -4.59. The van der Waals surface area contributed by atoms with Gasteiger partial charge in [-0.25, -0.2) is 0 Å². The Morgan fingerprint density at radius 3 is 2.70 bits per heavy atom. The molecule has 4 rings (SSSR count). The molecular weight excluding hydrogens is 509 g/mol. The van der Waals surface area contributed by atoms with Crippen molar-refractivity contribution in [3.05, 3.63) is 51.9 Å². The number of aromatic nitrogens is 4. The molecule has 1 aliphatic rings. The highest BCUT2D eigenvalue weighted by Gasteiger charge is 2.41. The zero-order valence-electron chi connectivity index (χ0n) is 17.4. The molecule has 13 heteroatoms. The van der Waals surface area contributed by atoms with Crippen LogP contribution in [0.4, 0.5) is 18.9 Å². The van der Waals surface area contributed by atoms with E-state index in [9.17, 15) is 22.8 Å². The van der Waals surface area contributed by atoms with Crippen LogP contribution in [0.1, 0.15) is 52.8 Å². The lowest BCUT2D eigenvalue weighted by Gasteiger charge is -2.08. The number of nitrogens with zero attached hydrogens (tertiary/aromatic N) is 4. The Morgan fingerprint density at radius 1 is 1.30 bits per heavy atom. The van der Waals surface area contributed by atoms with Crippen molar-refractivity contribution < 1.29 is 27.2 Å². The summed E-state index contributed by atoms with van der Waals surface area (Å²) in [4.78, 5) is 25.0. The molecule has 176 valence electrons. The van der Waals surface area contributed by atoms with E-state index in [1.165, 1.54) is 21.8 Å². The topological polar surface area (TPSA) is 107 Å². The van der Waals surface area contributed by atoms with Gasteiger partial charge in [0.1, 0.15) is 5.76 Å². The Hall–Kier alpha value is -3.09. The largest absolute Gasteiger partial charge is 0.467 e. The molecule has 0 spiro atoms. The van der Waals surface area contributed by atoms with E-state index in [0.717, 1.165) is 12.8 Å².